The summed E-state index contributed by atoms with van der Waals surface area (Å²) >= 11 is 6.93. The minimum Gasteiger partial charge on any atom is -0.352 e. The van der Waals surface area contributed by atoms with Crippen LogP contribution in [0.25, 0.3) is 11.1 Å². The van der Waals surface area contributed by atoms with Crippen molar-refractivity contribution in [2.75, 3.05) is 0 Å². The molecule has 0 aliphatic carbocycles. The van der Waals surface area contributed by atoms with Crippen molar-refractivity contribution in [3.63, 3.8) is 0 Å². The average Bonchev–Trinajstić information content (AvgIpc) is 2.72. The number of thioether (sulfide) groups is 1. The van der Waals surface area contributed by atoms with E-state index in [-0.39, 0.29) is 6.17 Å². The van der Waals surface area contributed by atoms with Crippen molar-refractivity contribution in [1.82, 2.24) is 5.32 Å². The molecule has 3 aromatic carbocycles. The minimum atomic E-state index is -0.324. The summed E-state index contributed by atoms with van der Waals surface area (Å²) in [4.78, 5) is 1.11. The number of nitrogens with one attached hydrogen (secondary N) is 1. The average molecular weight is 395 g/mol. The number of benzene rings is 3. The fourth-order valence-corrected chi connectivity index (χ4v) is 3.55. The van der Waals surface area contributed by atoms with Gasteiger partial charge in [0.05, 0.1) is 0 Å². The third-order valence-electron chi connectivity index (χ3n) is 3.88. The van der Waals surface area contributed by atoms with Crippen molar-refractivity contribution in [3.8, 4) is 11.1 Å². The van der Waals surface area contributed by atoms with Crippen LogP contribution >= 0.6 is 24.0 Å². The van der Waals surface area contributed by atoms with Gasteiger partial charge in [0.25, 0.3) is 0 Å². The predicted octanol–water partition coefficient (Wildman–Crippen LogP) is 6.31. The summed E-state index contributed by atoms with van der Waals surface area (Å²) in [6, 6.07) is 26.8. The molecular weight excluding hydrogens is 368 g/mol. The van der Waals surface area contributed by atoms with Crippen LogP contribution in [0.5, 0.6) is 0 Å². The Labute approximate surface area is 172 Å². The Morgan fingerprint density at radius 3 is 2.00 bits per heavy atom. The van der Waals surface area contributed by atoms with Crippen LogP contribution in [0.4, 0.5) is 0 Å². The Kier molecular flexibility index (Phi) is 8.52. The standard InChI is InChI=1S/C21H20N2S2.C2H6/c1-15-7-13-19(14-8-15)25-21(24)23-20(22)18-11-9-17(10-12-18)16-5-3-2-4-6-16;1-2/h2-14,20H,22H2,1H3,(H,23,24);1-2H3. The topological polar surface area (TPSA) is 38.0 Å². The first kappa shape index (κ1) is 21.2. The summed E-state index contributed by atoms with van der Waals surface area (Å²) in [6.45, 7) is 6.07. The van der Waals surface area contributed by atoms with Crippen LogP contribution in [0.3, 0.4) is 0 Å². The van der Waals surface area contributed by atoms with Crippen molar-refractivity contribution in [2.45, 2.75) is 31.8 Å². The van der Waals surface area contributed by atoms with Crippen LogP contribution in [-0.2, 0) is 0 Å². The molecule has 1 unspecified atom stereocenters. The molecule has 0 fully saturated rings. The quantitative estimate of drug-likeness (QED) is 0.309. The van der Waals surface area contributed by atoms with Crippen molar-refractivity contribution < 1.29 is 0 Å². The Bertz CT molecular complexity index is 829. The lowest BCUT2D eigenvalue weighted by molar-refractivity contribution is 0.693. The van der Waals surface area contributed by atoms with Crippen molar-refractivity contribution in [1.29, 1.82) is 0 Å². The molecule has 4 heteroatoms. The summed E-state index contributed by atoms with van der Waals surface area (Å²) in [5.41, 5.74) is 10.9. The van der Waals surface area contributed by atoms with Crippen LogP contribution in [-0.4, -0.2) is 4.32 Å². The summed E-state index contributed by atoms with van der Waals surface area (Å²) in [7, 11) is 0. The van der Waals surface area contributed by atoms with Crippen LogP contribution in [0.1, 0.15) is 31.1 Å². The maximum Gasteiger partial charge on any atom is 0.140 e. The zero-order chi connectivity index (χ0) is 19.6. The molecule has 0 spiro atoms. The highest BCUT2D eigenvalue weighted by Crippen LogP contribution is 2.23. The van der Waals surface area contributed by atoms with E-state index >= 15 is 0 Å². The van der Waals surface area contributed by atoms with E-state index in [9.17, 15) is 0 Å². The zero-order valence-electron chi connectivity index (χ0n) is 16.0. The van der Waals surface area contributed by atoms with Crippen LogP contribution in [0, 0.1) is 6.92 Å². The second kappa shape index (κ2) is 10.9. The van der Waals surface area contributed by atoms with E-state index in [2.05, 4.69) is 60.8 Å². The van der Waals surface area contributed by atoms with Gasteiger partial charge in [-0.25, -0.2) is 0 Å². The van der Waals surface area contributed by atoms with Gasteiger partial charge >= 0.3 is 0 Å². The fraction of sp³-hybridized carbons (Fsp3) is 0.174. The molecule has 140 valence electrons. The molecule has 0 radical (unpaired) electrons. The molecule has 0 aliphatic heterocycles. The molecule has 27 heavy (non-hydrogen) atoms. The number of thiocarbonyl (C=S) groups is 1. The van der Waals surface area contributed by atoms with Crippen LogP contribution in [0.2, 0.25) is 0 Å². The van der Waals surface area contributed by atoms with Gasteiger partial charge in [-0.2, -0.15) is 0 Å². The second-order valence-electron chi connectivity index (χ2n) is 5.81. The number of rotatable bonds is 4. The van der Waals surface area contributed by atoms with Crippen LogP contribution in [0.15, 0.2) is 83.8 Å². The Morgan fingerprint density at radius 1 is 0.852 bits per heavy atom. The highest BCUT2D eigenvalue weighted by Gasteiger charge is 2.09. The summed E-state index contributed by atoms with van der Waals surface area (Å²) in [5, 5.41) is 3.19. The normalized spacial score (nSPS) is 11.1. The van der Waals surface area contributed by atoms with Crippen molar-refractivity contribution in [2.24, 2.45) is 5.73 Å². The molecule has 0 amide bonds. The van der Waals surface area contributed by atoms with E-state index in [1.54, 1.807) is 0 Å². The molecule has 3 rings (SSSR count). The number of aryl methyl sites for hydroxylation is 1. The first-order valence-electron chi connectivity index (χ1n) is 9.08. The Morgan fingerprint density at radius 2 is 1.41 bits per heavy atom. The summed E-state index contributed by atoms with van der Waals surface area (Å²) < 4.78 is 0.670. The summed E-state index contributed by atoms with van der Waals surface area (Å²) in [5.74, 6) is 0. The number of nitrogens with two attached hydrogens (primary N) is 1. The van der Waals surface area contributed by atoms with Gasteiger partial charge in [-0.05, 0) is 35.7 Å². The highest BCUT2D eigenvalue weighted by atomic mass is 32.2. The van der Waals surface area contributed by atoms with Gasteiger partial charge < -0.3 is 11.1 Å². The summed E-state index contributed by atoms with van der Waals surface area (Å²) in [6.07, 6.45) is -0.324. The van der Waals surface area contributed by atoms with E-state index < -0.39 is 0 Å². The SMILES string of the molecule is CC.Cc1ccc(SC(=S)NC(N)c2ccc(-c3ccccc3)cc2)cc1. The molecule has 0 aliphatic rings. The third-order valence-corrected chi connectivity index (χ3v) is 5.06. The lowest BCUT2D eigenvalue weighted by Crippen LogP contribution is -2.31. The maximum absolute atomic E-state index is 6.25. The van der Waals surface area contributed by atoms with E-state index in [1.165, 1.54) is 28.5 Å². The second-order valence-corrected chi connectivity index (χ2v) is 7.56. The molecule has 0 bridgehead atoms. The lowest BCUT2D eigenvalue weighted by Gasteiger charge is -2.16. The smallest absolute Gasteiger partial charge is 0.140 e. The van der Waals surface area contributed by atoms with Gasteiger partial charge in [-0.1, -0.05) is 110 Å². The van der Waals surface area contributed by atoms with Crippen molar-refractivity contribution in [3.05, 3.63) is 90.0 Å². The third kappa shape index (κ3) is 6.51. The minimum absolute atomic E-state index is 0.324. The molecule has 1 atom stereocenters. The van der Waals surface area contributed by atoms with E-state index in [4.69, 9.17) is 18.0 Å². The van der Waals surface area contributed by atoms with Gasteiger partial charge in [0.1, 0.15) is 10.5 Å². The van der Waals surface area contributed by atoms with Gasteiger partial charge in [0, 0.05) is 4.90 Å². The molecule has 0 saturated heterocycles. The number of hydrogen-bond acceptors (Lipinski definition) is 3. The lowest BCUT2D eigenvalue weighted by atomic mass is 10.0. The number of hydrogen-bond donors (Lipinski definition) is 2. The molecule has 0 saturated carbocycles. The molecule has 0 aromatic heterocycles. The first-order valence-corrected chi connectivity index (χ1v) is 10.3. The predicted molar refractivity (Wildman–Crippen MR) is 123 cm³/mol. The highest BCUT2D eigenvalue weighted by molar-refractivity contribution is 8.23. The molecule has 2 nitrogen and oxygen atoms in total. The van der Waals surface area contributed by atoms with E-state index in [0.717, 1.165) is 10.5 Å². The van der Waals surface area contributed by atoms with Crippen LogP contribution < -0.4 is 11.1 Å². The van der Waals surface area contributed by atoms with Crippen molar-refractivity contribution >= 4 is 28.3 Å². The van der Waals surface area contributed by atoms with Gasteiger partial charge in [0.2, 0.25) is 0 Å². The molecular formula is C23H26N2S2. The Balaban J connectivity index is 0.00000126. The zero-order valence-corrected chi connectivity index (χ0v) is 17.6. The van der Waals surface area contributed by atoms with E-state index in [0.29, 0.717) is 4.32 Å². The molecule has 0 heterocycles. The molecule has 3 N–H and O–H groups in total. The molecule has 3 aromatic rings. The first-order chi connectivity index (χ1) is 13.1. The van der Waals surface area contributed by atoms with Gasteiger partial charge in [-0.15, -0.1) is 0 Å². The Hall–Kier alpha value is -2.14. The monoisotopic (exact) mass is 394 g/mol. The van der Waals surface area contributed by atoms with Gasteiger partial charge in [0.15, 0.2) is 0 Å². The van der Waals surface area contributed by atoms with Gasteiger partial charge in [-0.3, -0.25) is 0 Å². The van der Waals surface area contributed by atoms with E-state index in [1.807, 2.05) is 44.2 Å². The maximum atomic E-state index is 6.25. The fourth-order valence-electron chi connectivity index (χ4n) is 2.47. The largest absolute Gasteiger partial charge is 0.352 e.